The molecule has 1 unspecified atom stereocenters. The van der Waals surface area contributed by atoms with Gasteiger partial charge in [-0.2, -0.15) is 11.8 Å². The third kappa shape index (κ3) is 4.21. The van der Waals surface area contributed by atoms with Crippen LogP contribution in [0.1, 0.15) is 65.3 Å². The Morgan fingerprint density at radius 3 is 2.68 bits per heavy atom. The first-order valence-electron chi connectivity index (χ1n) is 13.2. The van der Waals surface area contributed by atoms with Crippen molar-refractivity contribution in [2.24, 2.45) is 0 Å². The summed E-state index contributed by atoms with van der Waals surface area (Å²) in [6.07, 6.45) is 7.18. The van der Waals surface area contributed by atoms with Gasteiger partial charge in [-0.1, -0.05) is 49.2 Å². The number of para-hydroxylation sites is 1. The molecule has 0 saturated heterocycles. The average Bonchev–Trinajstić information content (AvgIpc) is 3.63. The molecule has 0 bridgehead atoms. The number of hydrogen-bond acceptors (Lipinski definition) is 4. The maximum atomic E-state index is 13.9. The van der Waals surface area contributed by atoms with Gasteiger partial charge in [0.2, 0.25) is 11.8 Å². The van der Waals surface area contributed by atoms with Gasteiger partial charge >= 0.3 is 0 Å². The third-order valence-corrected chi connectivity index (χ3v) is 8.74. The molecule has 1 aliphatic carbocycles. The lowest BCUT2D eigenvalue weighted by atomic mass is 9.89. The number of rotatable bonds is 7. The molecule has 2 aromatic carbocycles. The van der Waals surface area contributed by atoms with Gasteiger partial charge in [-0.3, -0.25) is 14.4 Å². The number of nitrogens with zero attached hydrogens (tertiary/aromatic N) is 1. The van der Waals surface area contributed by atoms with Crippen LogP contribution in [0.15, 0.2) is 48.5 Å². The van der Waals surface area contributed by atoms with Crippen LogP contribution in [0.25, 0.3) is 10.9 Å². The number of carbonyl (C=O) groups is 3. The van der Waals surface area contributed by atoms with Crippen LogP contribution in [0.5, 0.6) is 0 Å². The van der Waals surface area contributed by atoms with Crippen molar-refractivity contribution in [2.45, 2.75) is 62.7 Å². The molecule has 3 aromatic rings. The fourth-order valence-corrected chi connectivity index (χ4v) is 6.75. The number of amides is 3. The van der Waals surface area contributed by atoms with Crippen molar-refractivity contribution in [3.8, 4) is 0 Å². The maximum absolute atomic E-state index is 13.9. The number of nitrogens with one attached hydrogen (secondary N) is 3. The second-order valence-electron chi connectivity index (χ2n) is 10.3. The van der Waals surface area contributed by atoms with Crippen LogP contribution in [-0.2, 0) is 16.0 Å². The number of hydrogen-bond donors (Lipinski definition) is 3. The zero-order valence-electron chi connectivity index (χ0n) is 21.0. The zero-order chi connectivity index (χ0) is 25.5. The number of aromatic amines is 1. The van der Waals surface area contributed by atoms with Gasteiger partial charge < -0.3 is 20.5 Å². The number of benzene rings is 2. The monoisotopic (exact) mass is 516 g/mol. The van der Waals surface area contributed by atoms with Gasteiger partial charge in [0.1, 0.15) is 12.1 Å². The van der Waals surface area contributed by atoms with E-state index in [1.54, 1.807) is 16.7 Å². The molecule has 192 valence electrons. The normalized spacial score (nSPS) is 21.4. The summed E-state index contributed by atoms with van der Waals surface area (Å²) in [4.78, 5) is 46.0. The van der Waals surface area contributed by atoms with Crippen LogP contribution < -0.4 is 10.6 Å². The Labute approximate surface area is 220 Å². The van der Waals surface area contributed by atoms with Crippen molar-refractivity contribution in [3.05, 3.63) is 70.9 Å². The van der Waals surface area contributed by atoms with Gasteiger partial charge in [0.15, 0.2) is 0 Å². The summed E-state index contributed by atoms with van der Waals surface area (Å²) >= 11 is 1.65. The van der Waals surface area contributed by atoms with E-state index in [-0.39, 0.29) is 29.8 Å². The molecule has 3 heterocycles. The first-order chi connectivity index (χ1) is 18.1. The number of carbonyl (C=O) groups excluding carboxylic acids is 3. The molecule has 2 aliphatic heterocycles. The molecule has 8 heteroatoms. The Bertz CT molecular complexity index is 1360. The molecule has 1 aromatic heterocycles. The molecule has 37 heavy (non-hydrogen) atoms. The number of H-pyrrole nitrogens is 1. The standard InChI is InChI=1S/C29H32N4O3S/c1-37-15-14-23(27(34)30-17-8-2-3-9-17)32-28(35)24-16-21-18-10-6-7-13-22(18)31-25(21)26-19-11-4-5-12-20(19)29(36)33(24)26/h4-7,10-13,17,23-24,26,31H,2-3,8-9,14-16H2,1H3,(H,30,34)(H,32,35)/t23-,24-,26?/m0/s1. The molecule has 3 aliphatic rings. The number of thioether (sulfide) groups is 1. The smallest absolute Gasteiger partial charge is 0.255 e. The topological polar surface area (TPSA) is 94.3 Å². The Hall–Kier alpha value is -3.26. The number of fused-ring (bicyclic) bond motifs is 7. The largest absolute Gasteiger partial charge is 0.356 e. The molecule has 7 nitrogen and oxygen atoms in total. The summed E-state index contributed by atoms with van der Waals surface area (Å²) < 4.78 is 0. The highest BCUT2D eigenvalue weighted by molar-refractivity contribution is 7.98. The van der Waals surface area contributed by atoms with Crippen LogP contribution in [0.3, 0.4) is 0 Å². The predicted octanol–water partition coefficient (Wildman–Crippen LogP) is 3.93. The molecular weight excluding hydrogens is 484 g/mol. The summed E-state index contributed by atoms with van der Waals surface area (Å²) in [5, 5.41) is 7.28. The molecule has 0 radical (unpaired) electrons. The van der Waals surface area contributed by atoms with Gasteiger partial charge in [0, 0.05) is 34.6 Å². The van der Waals surface area contributed by atoms with E-state index >= 15 is 0 Å². The SMILES string of the molecule is CSCC[C@H](NC(=O)[C@@H]1Cc2c([nH]c3ccccc23)C2c3ccccc3C(=O)N21)C(=O)NC1CCCC1. The minimum Gasteiger partial charge on any atom is -0.356 e. The first kappa shape index (κ1) is 24.1. The summed E-state index contributed by atoms with van der Waals surface area (Å²) in [6, 6.07) is 14.2. The predicted molar refractivity (Wildman–Crippen MR) is 146 cm³/mol. The van der Waals surface area contributed by atoms with Crippen LogP contribution in [0.4, 0.5) is 0 Å². The van der Waals surface area contributed by atoms with E-state index in [0.29, 0.717) is 18.4 Å². The minimum atomic E-state index is -0.701. The molecular formula is C29H32N4O3S. The van der Waals surface area contributed by atoms with Gasteiger partial charge in [-0.25, -0.2) is 0 Å². The summed E-state index contributed by atoms with van der Waals surface area (Å²) in [5.74, 6) is 0.234. The summed E-state index contributed by atoms with van der Waals surface area (Å²) in [5.41, 5.74) is 4.59. The molecule has 1 fully saturated rings. The lowest BCUT2D eigenvalue weighted by Crippen LogP contribution is -2.57. The summed E-state index contributed by atoms with van der Waals surface area (Å²) in [6.45, 7) is 0. The van der Waals surface area contributed by atoms with E-state index in [2.05, 4.69) is 21.7 Å². The van der Waals surface area contributed by atoms with Crippen molar-refractivity contribution < 1.29 is 14.4 Å². The van der Waals surface area contributed by atoms with Crippen molar-refractivity contribution in [1.82, 2.24) is 20.5 Å². The van der Waals surface area contributed by atoms with Gasteiger partial charge in [0.05, 0.1) is 6.04 Å². The lowest BCUT2D eigenvalue weighted by molar-refractivity contribution is -0.132. The van der Waals surface area contributed by atoms with Gasteiger partial charge in [0.25, 0.3) is 5.91 Å². The van der Waals surface area contributed by atoms with Gasteiger partial charge in [-0.05, 0) is 54.5 Å². The fraction of sp³-hybridized carbons (Fsp3) is 0.414. The fourth-order valence-electron chi connectivity index (χ4n) is 6.28. The van der Waals surface area contributed by atoms with Crippen molar-refractivity contribution >= 4 is 40.4 Å². The van der Waals surface area contributed by atoms with Crippen molar-refractivity contribution in [3.63, 3.8) is 0 Å². The Kier molecular flexibility index (Phi) is 6.44. The molecule has 3 N–H and O–H groups in total. The highest BCUT2D eigenvalue weighted by Gasteiger charge is 2.49. The quantitative estimate of drug-likeness (QED) is 0.444. The van der Waals surface area contributed by atoms with Crippen LogP contribution in [-0.4, -0.2) is 57.7 Å². The van der Waals surface area contributed by atoms with E-state index in [9.17, 15) is 14.4 Å². The minimum absolute atomic E-state index is 0.120. The number of aromatic nitrogens is 1. The second-order valence-corrected chi connectivity index (χ2v) is 11.3. The maximum Gasteiger partial charge on any atom is 0.255 e. The molecule has 0 spiro atoms. The van der Waals surface area contributed by atoms with Crippen LogP contribution in [0, 0.1) is 0 Å². The van der Waals surface area contributed by atoms with E-state index in [0.717, 1.165) is 59.2 Å². The van der Waals surface area contributed by atoms with E-state index < -0.39 is 12.1 Å². The second kappa shape index (κ2) is 9.89. The third-order valence-electron chi connectivity index (χ3n) is 8.10. The molecule has 3 amide bonds. The lowest BCUT2D eigenvalue weighted by Gasteiger charge is -2.37. The summed E-state index contributed by atoms with van der Waals surface area (Å²) in [7, 11) is 0. The Morgan fingerprint density at radius 2 is 1.86 bits per heavy atom. The molecule has 1 saturated carbocycles. The Morgan fingerprint density at radius 1 is 1.11 bits per heavy atom. The molecule has 6 rings (SSSR count). The zero-order valence-corrected chi connectivity index (χ0v) is 21.8. The van der Waals surface area contributed by atoms with Crippen molar-refractivity contribution in [2.75, 3.05) is 12.0 Å². The highest BCUT2D eigenvalue weighted by atomic mass is 32.2. The van der Waals surface area contributed by atoms with E-state index in [1.807, 2.05) is 48.7 Å². The van der Waals surface area contributed by atoms with E-state index in [1.165, 1.54) is 0 Å². The van der Waals surface area contributed by atoms with Crippen molar-refractivity contribution in [1.29, 1.82) is 0 Å². The first-order valence-corrected chi connectivity index (χ1v) is 14.6. The highest BCUT2D eigenvalue weighted by Crippen LogP contribution is 2.46. The van der Waals surface area contributed by atoms with E-state index in [4.69, 9.17) is 0 Å². The van der Waals surface area contributed by atoms with Crippen LogP contribution in [0.2, 0.25) is 0 Å². The van der Waals surface area contributed by atoms with Gasteiger partial charge in [-0.15, -0.1) is 0 Å². The van der Waals surface area contributed by atoms with Crippen LogP contribution >= 0.6 is 11.8 Å². The molecule has 3 atom stereocenters. The Balaban J connectivity index is 1.34. The average molecular weight is 517 g/mol.